The van der Waals surface area contributed by atoms with Crippen molar-refractivity contribution in [3.05, 3.63) is 12.2 Å². The molecule has 8 nitrogen and oxygen atoms in total. The van der Waals surface area contributed by atoms with Crippen molar-refractivity contribution in [2.75, 3.05) is 13.7 Å². The van der Waals surface area contributed by atoms with Gasteiger partial charge in [0.1, 0.15) is 24.4 Å². The molecule has 27 heavy (non-hydrogen) atoms. The number of nitrogens with one attached hydrogen (secondary N) is 2. The van der Waals surface area contributed by atoms with Crippen molar-refractivity contribution in [1.29, 1.82) is 0 Å². The number of hydrogen-bond acceptors (Lipinski definition) is 6. The molecule has 1 aliphatic carbocycles. The molecular weight excluding hydrogens is 352 g/mol. The molecule has 1 aliphatic heterocycles. The Morgan fingerprint density at radius 1 is 1.15 bits per heavy atom. The molecule has 0 radical (unpaired) electrons. The van der Waals surface area contributed by atoms with E-state index < -0.39 is 36.4 Å². The highest BCUT2D eigenvalue weighted by molar-refractivity contribution is 5.89. The molecule has 1 heterocycles. The molecule has 0 aromatic rings. The first kappa shape index (κ1) is 21.8. The summed E-state index contributed by atoms with van der Waals surface area (Å²) in [4.78, 5) is 24.4. The Bertz CT molecular complexity index is 520. The van der Waals surface area contributed by atoms with E-state index in [9.17, 15) is 24.9 Å². The molecule has 2 amide bonds. The molecule has 2 rings (SSSR count). The van der Waals surface area contributed by atoms with E-state index in [4.69, 9.17) is 4.74 Å². The lowest BCUT2D eigenvalue weighted by Gasteiger charge is -2.28. The van der Waals surface area contributed by atoms with Crippen molar-refractivity contribution in [2.45, 2.75) is 75.4 Å². The third-order valence-electron chi connectivity index (χ3n) is 5.35. The minimum atomic E-state index is -1.63. The lowest BCUT2D eigenvalue weighted by Crippen LogP contribution is -2.55. The highest BCUT2D eigenvalue weighted by Crippen LogP contribution is 2.26. The lowest BCUT2D eigenvalue weighted by atomic mass is 9.99. The van der Waals surface area contributed by atoms with Crippen LogP contribution in [0.5, 0.6) is 0 Å². The summed E-state index contributed by atoms with van der Waals surface area (Å²) >= 11 is 0. The Kier molecular flexibility index (Phi) is 8.69. The van der Waals surface area contributed by atoms with E-state index in [0.717, 1.165) is 38.5 Å². The summed E-state index contributed by atoms with van der Waals surface area (Å²) in [7, 11) is 1.23. The molecule has 0 unspecified atom stereocenters. The van der Waals surface area contributed by atoms with E-state index >= 15 is 0 Å². The highest BCUT2D eigenvalue weighted by atomic mass is 16.5. The molecule has 0 spiro atoms. The summed E-state index contributed by atoms with van der Waals surface area (Å²) in [6, 6.07) is -0.700. The summed E-state index contributed by atoms with van der Waals surface area (Å²) < 4.78 is 5.04. The second-order valence-electron chi connectivity index (χ2n) is 7.41. The Hall–Kier alpha value is -1.48. The predicted molar refractivity (Wildman–Crippen MR) is 98.7 cm³/mol. The van der Waals surface area contributed by atoms with E-state index in [0.29, 0.717) is 18.9 Å². The summed E-state index contributed by atoms with van der Waals surface area (Å²) in [6.07, 6.45) is 3.92. The first-order valence-electron chi connectivity index (χ1n) is 9.77. The second-order valence-corrected chi connectivity index (χ2v) is 7.41. The summed E-state index contributed by atoms with van der Waals surface area (Å²) in [5.74, 6) is -0.595. The standard InChI is InChI=1S/C19H32N2O6/c1-27-17(19(26)21-13-8-4-5-11-20-18(13)25)16(24)15(23)14(22)10-9-12-6-2-3-7-12/h9-10,12-17,22-24H,2-8,11H2,1H3,(H,20,25)(H,21,26)/b10-9+/t13-,14+,15-,16+,17+/m0/s1. The van der Waals surface area contributed by atoms with Crippen LogP contribution in [0.1, 0.15) is 44.9 Å². The fourth-order valence-electron chi connectivity index (χ4n) is 3.65. The Balaban J connectivity index is 1.92. The van der Waals surface area contributed by atoms with Crippen molar-refractivity contribution in [2.24, 2.45) is 5.92 Å². The molecule has 2 aliphatic rings. The van der Waals surface area contributed by atoms with Gasteiger partial charge in [0.05, 0.1) is 0 Å². The maximum atomic E-state index is 12.4. The van der Waals surface area contributed by atoms with Gasteiger partial charge in [0.25, 0.3) is 5.91 Å². The molecule has 1 saturated heterocycles. The van der Waals surface area contributed by atoms with E-state index in [2.05, 4.69) is 10.6 Å². The van der Waals surface area contributed by atoms with Crippen molar-refractivity contribution in [1.82, 2.24) is 10.6 Å². The van der Waals surface area contributed by atoms with Crippen LogP contribution in [0.3, 0.4) is 0 Å². The van der Waals surface area contributed by atoms with E-state index in [1.54, 1.807) is 0 Å². The minimum Gasteiger partial charge on any atom is -0.387 e. The van der Waals surface area contributed by atoms with Gasteiger partial charge in [0.15, 0.2) is 6.10 Å². The molecule has 5 atom stereocenters. The third kappa shape index (κ3) is 6.27. The van der Waals surface area contributed by atoms with Gasteiger partial charge in [-0.2, -0.15) is 0 Å². The van der Waals surface area contributed by atoms with Crippen LogP contribution >= 0.6 is 0 Å². The van der Waals surface area contributed by atoms with Gasteiger partial charge in [-0.3, -0.25) is 9.59 Å². The highest BCUT2D eigenvalue weighted by Gasteiger charge is 2.37. The smallest absolute Gasteiger partial charge is 0.252 e. The van der Waals surface area contributed by atoms with Crippen LogP contribution in [0.15, 0.2) is 12.2 Å². The number of aliphatic hydroxyl groups excluding tert-OH is 3. The maximum Gasteiger partial charge on any atom is 0.252 e. The van der Waals surface area contributed by atoms with Crippen LogP contribution in [-0.2, 0) is 14.3 Å². The average Bonchev–Trinajstić information content (AvgIpc) is 3.10. The normalized spacial score (nSPS) is 26.2. The van der Waals surface area contributed by atoms with Gasteiger partial charge in [-0.15, -0.1) is 0 Å². The predicted octanol–water partition coefficient (Wildman–Crippen LogP) is -0.385. The van der Waals surface area contributed by atoms with E-state index in [1.165, 1.54) is 13.2 Å². The second kappa shape index (κ2) is 10.8. The molecule has 154 valence electrons. The molecule has 1 saturated carbocycles. The number of aliphatic hydroxyl groups is 3. The Morgan fingerprint density at radius 3 is 2.48 bits per heavy atom. The van der Waals surface area contributed by atoms with E-state index in [-0.39, 0.29) is 5.91 Å². The Morgan fingerprint density at radius 2 is 1.81 bits per heavy atom. The maximum absolute atomic E-state index is 12.4. The lowest BCUT2D eigenvalue weighted by molar-refractivity contribution is -0.150. The minimum absolute atomic E-state index is 0.273. The number of allylic oxidation sites excluding steroid dienone is 1. The van der Waals surface area contributed by atoms with Gasteiger partial charge < -0.3 is 30.7 Å². The first-order valence-corrected chi connectivity index (χ1v) is 9.77. The van der Waals surface area contributed by atoms with Gasteiger partial charge in [-0.1, -0.05) is 25.0 Å². The zero-order valence-corrected chi connectivity index (χ0v) is 15.8. The monoisotopic (exact) mass is 384 g/mol. The summed E-state index contributed by atoms with van der Waals surface area (Å²) in [6.45, 7) is 0.569. The van der Waals surface area contributed by atoms with Crippen LogP contribution < -0.4 is 10.6 Å². The zero-order chi connectivity index (χ0) is 19.8. The fraction of sp³-hybridized carbons (Fsp3) is 0.789. The van der Waals surface area contributed by atoms with Crippen LogP contribution in [-0.4, -0.2) is 71.2 Å². The van der Waals surface area contributed by atoms with Crippen molar-refractivity contribution < 1.29 is 29.6 Å². The van der Waals surface area contributed by atoms with Gasteiger partial charge in [-0.25, -0.2) is 0 Å². The zero-order valence-electron chi connectivity index (χ0n) is 15.8. The van der Waals surface area contributed by atoms with Crippen LogP contribution in [0.2, 0.25) is 0 Å². The third-order valence-corrected chi connectivity index (χ3v) is 5.35. The van der Waals surface area contributed by atoms with Crippen LogP contribution in [0.25, 0.3) is 0 Å². The molecule has 0 bridgehead atoms. The van der Waals surface area contributed by atoms with Crippen LogP contribution in [0, 0.1) is 5.92 Å². The number of rotatable bonds is 8. The number of amides is 2. The number of methoxy groups -OCH3 is 1. The quantitative estimate of drug-likeness (QED) is 0.363. The first-order chi connectivity index (χ1) is 12.9. The topological polar surface area (TPSA) is 128 Å². The summed E-state index contributed by atoms with van der Waals surface area (Å²) in [5.41, 5.74) is 0. The molecule has 0 aromatic heterocycles. The Labute approximate surface area is 160 Å². The molecular formula is C19H32N2O6. The van der Waals surface area contributed by atoms with Gasteiger partial charge >= 0.3 is 0 Å². The van der Waals surface area contributed by atoms with Crippen molar-refractivity contribution in [3.8, 4) is 0 Å². The van der Waals surface area contributed by atoms with Gasteiger partial charge in [-0.05, 0) is 38.0 Å². The van der Waals surface area contributed by atoms with E-state index in [1.807, 2.05) is 6.08 Å². The number of hydrogen-bond donors (Lipinski definition) is 5. The van der Waals surface area contributed by atoms with Crippen LogP contribution in [0.4, 0.5) is 0 Å². The molecule has 0 aromatic carbocycles. The number of carbonyl (C=O) groups excluding carboxylic acids is 2. The average molecular weight is 384 g/mol. The van der Waals surface area contributed by atoms with Gasteiger partial charge in [0.2, 0.25) is 5.91 Å². The van der Waals surface area contributed by atoms with Crippen molar-refractivity contribution >= 4 is 11.8 Å². The molecule has 8 heteroatoms. The van der Waals surface area contributed by atoms with Crippen molar-refractivity contribution in [3.63, 3.8) is 0 Å². The molecule has 2 fully saturated rings. The largest absolute Gasteiger partial charge is 0.387 e. The molecule has 5 N–H and O–H groups in total. The van der Waals surface area contributed by atoms with Gasteiger partial charge in [0, 0.05) is 13.7 Å². The number of ether oxygens (including phenoxy) is 1. The fourth-order valence-corrected chi connectivity index (χ4v) is 3.65. The summed E-state index contributed by atoms with van der Waals surface area (Å²) in [5, 5.41) is 36.0. The number of carbonyl (C=O) groups is 2. The SMILES string of the molecule is CO[C@@H](C(=O)N[C@H]1CCCCNC1=O)[C@H](O)[C@@H](O)[C@H](O)/C=C/C1CCCC1.